The first-order valence-electron chi connectivity index (χ1n) is 4.60. The summed E-state index contributed by atoms with van der Waals surface area (Å²) in [4.78, 5) is 22.2. The van der Waals surface area contributed by atoms with E-state index in [-0.39, 0.29) is 17.9 Å². The average Bonchev–Trinajstić information content (AvgIpc) is 1.97. The highest BCUT2D eigenvalue weighted by molar-refractivity contribution is 5.87. The zero-order chi connectivity index (χ0) is 11.3. The molecule has 0 aromatic carbocycles. The second-order valence-electron chi connectivity index (χ2n) is 3.58. The maximum absolute atomic E-state index is 11.4. The van der Waals surface area contributed by atoms with Crippen molar-refractivity contribution < 1.29 is 14.7 Å². The smallest absolute Gasteiger partial charge is 0.245 e. The largest absolute Gasteiger partial charge is 0.391 e. The van der Waals surface area contributed by atoms with Gasteiger partial charge in [-0.25, -0.2) is 0 Å². The molecule has 0 heterocycles. The Morgan fingerprint density at radius 1 is 1.14 bits per heavy atom. The van der Waals surface area contributed by atoms with Gasteiger partial charge in [-0.3, -0.25) is 9.59 Å². The fraction of sp³-hybridized carbons (Fsp3) is 0.778. The first-order valence-corrected chi connectivity index (χ1v) is 4.60. The number of aliphatic hydroxyl groups is 1. The normalized spacial score (nSPS) is 14.7. The summed E-state index contributed by atoms with van der Waals surface area (Å²) in [5, 5.41) is 14.3. The molecule has 0 aromatic rings. The summed E-state index contributed by atoms with van der Waals surface area (Å²) >= 11 is 0. The Morgan fingerprint density at radius 2 is 1.64 bits per heavy atom. The number of hydrogen-bond acceptors (Lipinski definition) is 3. The molecule has 0 aliphatic carbocycles. The van der Waals surface area contributed by atoms with Gasteiger partial charge in [-0.05, 0) is 20.8 Å². The fourth-order valence-corrected chi connectivity index (χ4v) is 0.999. The predicted molar refractivity (Wildman–Crippen MR) is 52.6 cm³/mol. The molecule has 5 heteroatoms. The number of amides is 2. The standard InChI is InChI=1S/C9H18N2O3/c1-5(2)10-9(14)8(6(3)12)11-7(4)13/h5-6,8,12H,1-4H3,(H,10,14)(H,11,13). The molecule has 0 radical (unpaired) electrons. The Kier molecular flexibility index (Phi) is 5.15. The van der Waals surface area contributed by atoms with Gasteiger partial charge >= 0.3 is 0 Å². The molecule has 0 aromatic heterocycles. The summed E-state index contributed by atoms with van der Waals surface area (Å²) in [6, 6.07) is -0.896. The molecule has 0 rings (SSSR count). The lowest BCUT2D eigenvalue weighted by Gasteiger charge is -2.21. The molecular formula is C9H18N2O3. The molecule has 0 bridgehead atoms. The molecule has 0 spiro atoms. The summed E-state index contributed by atoms with van der Waals surface area (Å²) in [7, 11) is 0. The van der Waals surface area contributed by atoms with Gasteiger partial charge in [0.25, 0.3) is 0 Å². The van der Waals surface area contributed by atoms with Gasteiger partial charge in [-0.15, -0.1) is 0 Å². The van der Waals surface area contributed by atoms with Crippen LogP contribution in [0, 0.1) is 0 Å². The van der Waals surface area contributed by atoms with Crippen LogP contribution in [0.2, 0.25) is 0 Å². The van der Waals surface area contributed by atoms with E-state index >= 15 is 0 Å². The van der Waals surface area contributed by atoms with Crippen LogP contribution in [0.1, 0.15) is 27.7 Å². The molecule has 2 atom stereocenters. The monoisotopic (exact) mass is 202 g/mol. The van der Waals surface area contributed by atoms with Crippen molar-refractivity contribution >= 4 is 11.8 Å². The van der Waals surface area contributed by atoms with Crippen LogP contribution < -0.4 is 10.6 Å². The summed E-state index contributed by atoms with van der Waals surface area (Å²) in [6.45, 7) is 6.38. The van der Waals surface area contributed by atoms with Crippen molar-refractivity contribution in [2.75, 3.05) is 0 Å². The van der Waals surface area contributed by atoms with E-state index < -0.39 is 12.1 Å². The highest BCUT2D eigenvalue weighted by Gasteiger charge is 2.24. The van der Waals surface area contributed by atoms with Crippen molar-refractivity contribution in [3.63, 3.8) is 0 Å². The number of carbonyl (C=O) groups is 2. The van der Waals surface area contributed by atoms with E-state index in [2.05, 4.69) is 10.6 Å². The maximum atomic E-state index is 11.4. The Labute approximate surface area is 83.9 Å². The Bertz CT molecular complexity index is 214. The van der Waals surface area contributed by atoms with Crippen molar-refractivity contribution in [1.82, 2.24) is 10.6 Å². The van der Waals surface area contributed by atoms with E-state index in [4.69, 9.17) is 0 Å². The summed E-state index contributed by atoms with van der Waals surface area (Å²) in [5.74, 6) is -0.708. The number of hydrogen-bond donors (Lipinski definition) is 3. The highest BCUT2D eigenvalue weighted by Crippen LogP contribution is 1.94. The van der Waals surface area contributed by atoms with Crippen LogP contribution >= 0.6 is 0 Å². The topological polar surface area (TPSA) is 78.4 Å². The van der Waals surface area contributed by atoms with Gasteiger partial charge in [-0.2, -0.15) is 0 Å². The molecule has 2 unspecified atom stereocenters. The first-order chi connectivity index (χ1) is 6.34. The van der Waals surface area contributed by atoms with Crippen LogP contribution in [0.4, 0.5) is 0 Å². The van der Waals surface area contributed by atoms with E-state index in [0.29, 0.717) is 0 Å². The number of rotatable bonds is 4. The minimum Gasteiger partial charge on any atom is -0.391 e. The van der Waals surface area contributed by atoms with Gasteiger partial charge in [0.15, 0.2) is 0 Å². The van der Waals surface area contributed by atoms with Crippen molar-refractivity contribution in [1.29, 1.82) is 0 Å². The molecule has 0 aliphatic rings. The maximum Gasteiger partial charge on any atom is 0.245 e. The van der Waals surface area contributed by atoms with Crippen LogP contribution in [0.5, 0.6) is 0 Å². The average molecular weight is 202 g/mol. The van der Waals surface area contributed by atoms with Gasteiger partial charge in [0.1, 0.15) is 6.04 Å². The molecule has 0 saturated heterocycles. The van der Waals surface area contributed by atoms with E-state index in [9.17, 15) is 14.7 Å². The lowest BCUT2D eigenvalue weighted by molar-refractivity contribution is -0.131. The van der Waals surface area contributed by atoms with E-state index in [1.807, 2.05) is 13.8 Å². The summed E-state index contributed by atoms with van der Waals surface area (Å²) in [5.41, 5.74) is 0. The van der Waals surface area contributed by atoms with Gasteiger partial charge < -0.3 is 15.7 Å². The highest BCUT2D eigenvalue weighted by atomic mass is 16.3. The lowest BCUT2D eigenvalue weighted by Crippen LogP contribution is -2.53. The fourth-order valence-electron chi connectivity index (χ4n) is 0.999. The Balaban J connectivity index is 4.33. The molecular weight excluding hydrogens is 184 g/mol. The number of carbonyl (C=O) groups excluding carboxylic acids is 2. The number of nitrogens with one attached hydrogen (secondary N) is 2. The number of aliphatic hydroxyl groups excluding tert-OH is 1. The van der Waals surface area contributed by atoms with Gasteiger partial charge in [-0.1, -0.05) is 0 Å². The summed E-state index contributed by atoms with van der Waals surface area (Å²) in [6.07, 6.45) is -0.905. The quantitative estimate of drug-likeness (QED) is 0.569. The zero-order valence-corrected chi connectivity index (χ0v) is 9.00. The Hall–Kier alpha value is -1.10. The molecule has 0 fully saturated rings. The Morgan fingerprint density at radius 3 is 1.93 bits per heavy atom. The van der Waals surface area contributed by atoms with Crippen LogP contribution in [0.15, 0.2) is 0 Å². The predicted octanol–water partition coefficient (Wildman–Crippen LogP) is -0.603. The molecule has 5 nitrogen and oxygen atoms in total. The van der Waals surface area contributed by atoms with Crippen LogP contribution in [0.25, 0.3) is 0 Å². The van der Waals surface area contributed by atoms with Crippen molar-refractivity contribution in [3.8, 4) is 0 Å². The summed E-state index contributed by atoms with van der Waals surface area (Å²) < 4.78 is 0. The third-order valence-corrected chi connectivity index (χ3v) is 1.55. The van der Waals surface area contributed by atoms with Gasteiger partial charge in [0, 0.05) is 13.0 Å². The molecule has 0 aliphatic heterocycles. The van der Waals surface area contributed by atoms with Crippen molar-refractivity contribution in [3.05, 3.63) is 0 Å². The van der Waals surface area contributed by atoms with Gasteiger partial charge in [0.2, 0.25) is 11.8 Å². The van der Waals surface area contributed by atoms with E-state index in [1.54, 1.807) is 0 Å². The van der Waals surface area contributed by atoms with Crippen LogP contribution in [0.3, 0.4) is 0 Å². The van der Waals surface area contributed by atoms with E-state index in [0.717, 1.165) is 0 Å². The second kappa shape index (κ2) is 5.59. The first kappa shape index (κ1) is 12.9. The van der Waals surface area contributed by atoms with Gasteiger partial charge in [0.05, 0.1) is 6.10 Å². The minimum absolute atomic E-state index is 0.0162. The van der Waals surface area contributed by atoms with Crippen LogP contribution in [-0.2, 0) is 9.59 Å². The molecule has 82 valence electrons. The second-order valence-corrected chi connectivity index (χ2v) is 3.58. The lowest BCUT2D eigenvalue weighted by atomic mass is 10.1. The molecule has 3 N–H and O–H groups in total. The van der Waals surface area contributed by atoms with Crippen LogP contribution in [-0.4, -0.2) is 35.1 Å². The van der Waals surface area contributed by atoms with Crippen molar-refractivity contribution in [2.24, 2.45) is 0 Å². The third-order valence-electron chi connectivity index (χ3n) is 1.55. The SMILES string of the molecule is CC(=O)NC(C(=O)NC(C)C)C(C)O. The van der Waals surface area contributed by atoms with Crippen molar-refractivity contribution in [2.45, 2.75) is 45.9 Å². The molecule has 14 heavy (non-hydrogen) atoms. The minimum atomic E-state index is -0.905. The van der Waals surface area contributed by atoms with E-state index in [1.165, 1.54) is 13.8 Å². The molecule has 0 saturated carbocycles. The molecule has 2 amide bonds. The third kappa shape index (κ3) is 4.81. The zero-order valence-electron chi connectivity index (χ0n) is 9.00.